The van der Waals surface area contributed by atoms with Crippen LogP contribution in [0.15, 0.2) is 0 Å². The maximum Gasteiger partial charge on any atom is 0.341 e. The van der Waals surface area contributed by atoms with Crippen LogP contribution in [-0.4, -0.2) is 31.8 Å². The largest absolute Gasteiger partial charge is 0.547 e. The molecule has 0 fully saturated rings. The van der Waals surface area contributed by atoms with E-state index in [1.54, 1.807) is 6.92 Å². The van der Waals surface area contributed by atoms with Crippen LogP contribution < -0.4 is 5.11 Å². The minimum absolute atomic E-state index is 0.117. The number of methoxy groups -OCH3 is 1. The first-order chi connectivity index (χ1) is 5.13. The molecule has 0 aliphatic rings. The Balaban J connectivity index is 4.03. The highest BCUT2D eigenvalue weighted by atomic mass is 16.6. The summed E-state index contributed by atoms with van der Waals surface area (Å²) in [5.74, 6) is -2.53. The Kier molecular flexibility index (Phi) is 4.21. The van der Waals surface area contributed by atoms with Crippen molar-refractivity contribution in [1.29, 1.82) is 0 Å². The van der Waals surface area contributed by atoms with Crippen LogP contribution >= 0.6 is 0 Å². The third kappa shape index (κ3) is 2.99. The fourth-order valence-corrected chi connectivity index (χ4v) is 0.507. The van der Waals surface area contributed by atoms with Gasteiger partial charge in [-0.1, -0.05) is 0 Å². The molecule has 0 bridgehead atoms. The predicted molar refractivity (Wildman–Crippen MR) is 32.4 cm³/mol. The van der Waals surface area contributed by atoms with E-state index in [1.807, 2.05) is 0 Å². The molecule has 0 aliphatic carbocycles. The minimum Gasteiger partial charge on any atom is -0.547 e. The Labute approximate surface area is 63.9 Å². The van der Waals surface area contributed by atoms with Gasteiger partial charge in [0.15, 0.2) is 6.10 Å². The molecule has 0 aromatic rings. The molecular formula is C6H9O5-. The van der Waals surface area contributed by atoms with Crippen molar-refractivity contribution < 1.29 is 24.2 Å². The third-order valence-electron chi connectivity index (χ3n) is 0.950. The van der Waals surface area contributed by atoms with Crippen LogP contribution in [0.1, 0.15) is 6.92 Å². The van der Waals surface area contributed by atoms with Gasteiger partial charge in [0.2, 0.25) is 0 Å². The lowest BCUT2D eigenvalue weighted by Gasteiger charge is -2.13. The molecular weight excluding hydrogens is 152 g/mol. The van der Waals surface area contributed by atoms with E-state index in [0.717, 1.165) is 7.11 Å². The maximum atomic E-state index is 10.6. The summed E-state index contributed by atoms with van der Waals surface area (Å²) >= 11 is 0. The van der Waals surface area contributed by atoms with Crippen LogP contribution in [0, 0.1) is 0 Å². The summed E-state index contributed by atoms with van der Waals surface area (Å²) in [4.78, 5) is 20.8. The number of carboxylic acids is 1. The molecule has 0 rings (SSSR count). The van der Waals surface area contributed by atoms with Gasteiger partial charge in [-0.25, -0.2) is 4.79 Å². The van der Waals surface area contributed by atoms with Crippen molar-refractivity contribution in [3.8, 4) is 0 Å². The molecule has 0 amide bonds. The number of rotatable bonds is 4. The number of aliphatic carboxylic acids is 1. The van der Waals surface area contributed by atoms with Crippen molar-refractivity contribution in [3.63, 3.8) is 0 Å². The molecule has 0 spiro atoms. The molecule has 0 N–H and O–H groups in total. The van der Waals surface area contributed by atoms with Gasteiger partial charge in [0.05, 0.1) is 12.6 Å². The number of esters is 1. The highest BCUT2D eigenvalue weighted by Gasteiger charge is 2.19. The van der Waals surface area contributed by atoms with E-state index in [1.165, 1.54) is 0 Å². The molecule has 0 radical (unpaired) electrons. The van der Waals surface area contributed by atoms with Crippen LogP contribution in [0.4, 0.5) is 0 Å². The van der Waals surface area contributed by atoms with E-state index in [0.29, 0.717) is 0 Å². The highest BCUT2D eigenvalue weighted by molar-refractivity contribution is 5.96. The topological polar surface area (TPSA) is 75.7 Å². The third-order valence-corrected chi connectivity index (χ3v) is 0.950. The summed E-state index contributed by atoms with van der Waals surface area (Å²) in [6.07, 6.45) is -1.62. The van der Waals surface area contributed by atoms with E-state index in [4.69, 9.17) is 0 Å². The molecule has 1 unspecified atom stereocenters. The van der Waals surface area contributed by atoms with Gasteiger partial charge in [-0.3, -0.25) is 0 Å². The molecule has 1 atom stereocenters. The molecule has 0 aliphatic heterocycles. The van der Waals surface area contributed by atoms with E-state index >= 15 is 0 Å². The summed E-state index contributed by atoms with van der Waals surface area (Å²) in [6.45, 7) is 1.69. The number of carbonyl (C=O) groups excluding carboxylic acids is 2. The zero-order chi connectivity index (χ0) is 8.85. The van der Waals surface area contributed by atoms with Crippen molar-refractivity contribution in [1.82, 2.24) is 0 Å². The normalized spacial score (nSPS) is 12.2. The molecule has 0 saturated heterocycles. The number of carbonyl (C=O) groups is 2. The molecule has 5 nitrogen and oxygen atoms in total. The number of hydrogen-bond acceptors (Lipinski definition) is 5. The lowest BCUT2D eigenvalue weighted by molar-refractivity contribution is -0.314. The highest BCUT2D eigenvalue weighted by Crippen LogP contribution is 1.91. The minimum atomic E-state index is -1.62. The monoisotopic (exact) mass is 161 g/mol. The van der Waals surface area contributed by atoms with Crippen LogP contribution in [0.3, 0.4) is 0 Å². The standard InChI is InChI=1S/C6H10O5/c1-3-11-6(9)4(10-2)5(7)8/h4H,3H2,1-2H3,(H,7,8)/p-1. The summed E-state index contributed by atoms with van der Waals surface area (Å²) in [5.41, 5.74) is 0. The van der Waals surface area contributed by atoms with Crippen molar-refractivity contribution in [2.45, 2.75) is 13.0 Å². The fourth-order valence-electron chi connectivity index (χ4n) is 0.507. The van der Waals surface area contributed by atoms with Gasteiger partial charge in [0.1, 0.15) is 0 Å². The smallest absolute Gasteiger partial charge is 0.341 e. The van der Waals surface area contributed by atoms with Crippen LogP contribution in [0.2, 0.25) is 0 Å². The lowest BCUT2D eigenvalue weighted by Crippen LogP contribution is -2.43. The van der Waals surface area contributed by atoms with Gasteiger partial charge in [-0.2, -0.15) is 0 Å². The van der Waals surface area contributed by atoms with Crippen molar-refractivity contribution in [2.75, 3.05) is 13.7 Å². The van der Waals surface area contributed by atoms with E-state index in [-0.39, 0.29) is 6.61 Å². The Hall–Kier alpha value is -1.10. The SMILES string of the molecule is CCOC(=O)C(OC)C(=O)[O-]. The molecule has 11 heavy (non-hydrogen) atoms. The number of carboxylic acid groups (broad SMARTS) is 1. The second-order valence-corrected chi connectivity index (χ2v) is 1.69. The van der Waals surface area contributed by atoms with Crippen molar-refractivity contribution in [2.24, 2.45) is 0 Å². The lowest BCUT2D eigenvalue weighted by atomic mass is 10.4. The van der Waals surface area contributed by atoms with Gasteiger partial charge in [-0.05, 0) is 6.92 Å². The van der Waals surface area contributed by atoms with Crippen molar-refractivity contribution in [3.05, 3.63) is 0 Å². The fraction of sp³-hybridized carbons (Fsp3) is 0.667. The Morgan fingerprint density at radius 3 is 2.36 bits per heavy atom. The van der Waals surface area contributed by atoms with E-state index < -0.39 is 18.0 Å². The van der Waals surface area contributed by atoms with E-state index in [9.17, 15) is 14.7 Å². The molecule has 64 valence electrons. The Morgan fingerprint density at radius 2 is 2.09 bits per heavy atom. The Morgan fingerprint density at radius 1 is 1.55 bits per heavy atom. The van der Waals surface area contributed by atoms with Crippen molar-refractivity contribution >= 4 is 11.9 Å². The Bertz CT molecular complexity index is 153. The maximum absolute atomic E-state index is 10.6. The second kappa shape index (κ2) is 4.68. The van der Waals surface area contributed by atoms with Crippen LogP contribution in [-0.2, 0) is 19.1 Å². The first-order valence-electron chi connectivity index (χ1n) is 3.03. The summed E-state index contributed by atoms with van der Waals surface area (Å²) < 4.78 is 8.66. The predicted octanol–water partition coefficient (Wildman–Crippen LogP) is -1.69. The molecule has 0 saturated carbocycles. The number of hydrogen-bond donors (Lipinski definition) is 0. The van der Waals surface area contributed by atoms with E-state index in [2.05, 4.69) is 9.47 Å². The summed E-state index contributed by atoms with van der Waals surface area (Å²) in [5, 5.41) is 10.1. The van der Waals surface area contributed by atoms with Crippen LogP contribution in [0.25, 0.3) is 0 Å². The molecule has 0 aromatic heterocycles. The zero-order valence-electron chi connectivity index (χ0n) is 6.33. The molecule has 5 heteroatoms. The second-order valence-electron chi connectivity index (χ2n) is 1.69. The van der Waals surface area contributed by atoms with Gasteiger partial charge in [0, 0.05) is 7.11 Å². The van der Waals surface area contributed by atoms with Gasteiger partial charge in [-0.15, -0.1) is 0 Å². The quantitative estimate of drug-likeness (QED) is 0.363. The average molecular weight is 161 g/mol. The first-order valence-corrected chi connectivity index (χ1v) is 3.03. The molecule has 0 aromatic carbocycles. The van der Waals surface area contributed by atoms with Crippen LogP contribution in [0.5, 0.6) is 0 Å². The summed E-state index contributed by atoms with van der Waals surface area (Å²) in [7, 11) is 1.09. The molecule has 0 heterocycles. The average Bonchev–Trinajstić information content (AvgIpc) is 1.88. The number of ether oxygens (including phenoxy) is 2. The van der Waals surface area contributed by atoms with Gasteiger partial charge >= 0.3 is 5.97 Å². The van der Waals surface area contributed by atoms with Gasteiger partial charge in [0.25, 0.3) is 0 Å². The zero-order valence-corrected chi connectivity index (χ0v) is 6.33. The van der Waals surface area contributed by atoms with Gasteiger partial charge < -0.3 is 19.4 Å². The summed E-state index contributed by atoms with van der Waals surface area (Å²) in [6, 6.07) is 0. The first kappa shape index (κ1) is 9.90.